The van der Waals surface area contributed by atoms with Crippen molar-refractivity contribution in [2.75, 3.05) is 13.1 Å². The van der Waals surface area contributed by atoms with Crippen LogP contribution >= 0.6 is 0 Å². The molecule has 4 aromatic rings. The molecule has 0 spiro atoms. The molecule has 1 amide bonds. The van der Waals surface area contributed by atoms with Gasteiger partial charge in [-0.25, -0.2) is 18.3 Å². The van der Waals surface area contributed by atoms with Crippen LogP contribution in [-0.2, 0) is 0 Å². The third-order valence-corrected chi connectivity index (χ3v) is 5.35. The average molecular weight is 397 g/mol. The molecule has 1 fully saturated rings. The summed E-state index contributed by atoms with van der Waals surface area (Å²) < 4.78 is 33.4. The van der Waals surface area contributed by atoms with Crippen molar-refractivity contribution in [2.45, 2.75) is 25.2 Å². The van der Waals surface area contributed by atoms with Crippen LogP contribution in [0, 0.1) is 0 Å². The fourth-order valence-corrected chi connectivity index (χ4v) is 3.94. The maximum absolute atomic E-state index is 13.3. The van der Waals surface area contributed by atoms with Crippen molar-refractivity contribution in [3.63, 3.8) is 0 Å². The summed E-state index contributed by atoms with van der Waals surface area (Å²) in [6.07, 6.45) is 1.73. The van der Waals surface area contributed by atoms with Gasteiger partial charge in [0.2, 0.25) is 0 Å². The molecule has 1 aliphatic rings. The molecule has 0 radical (unpaired) electrons. The number of hydrogen-bond acceptors (Lipinski definition) is 5. The Balaban J connectivity index is 1.45. The molecule has 1 unspecified atom stereocenters. The summed E-state index contributed by atoms with van der Waals surface area (Å²) in [5, 5.41) is 5.00. The molecule has 29 heavy (non-hydrogen) atoms. The molecule has 0 saturated carbocycles. The van der Waals surface area contributed by atoms with Gasteiger partial charge in [0.25, 0.3) is 18.1 Å². The topological polar surface area (TPSA) is 76.5 Å². The van der Waals surface area contributed by atoms with Gasteiger partial charge in [-0.1, -0.05) is 0 Å². The quantitative estimate of drug-likeness (QED) is 0.525. The van der Waals surface area contributed by atoms with Crippen LogP contribution in [0.25, 0.3) is 16.7 Å². The highest BCUT2D eigenvalue weighted by Crippen LogP contribution is 2.30. The second-order valence-corrected chi connectivity index (χ2v) is 7.14. The van der Waals surface area contributed by atoms with Crippen LogP contribution in [0.5, 0.6) is 0 Å². The lowest BCUT2D eigenvalue weighted by atomic mass is 9.93. The van der Waals surface area contributed by atoms with Gasteiger partial charge >= 0.3 is 0 Å². The van der Waals surface area contributed by atoms with Gasteiger partial charge in [-0.2, -0.15) is 10.1 Å². The van der Waals surface area contributed by atoms with Crippen LogP contribution in [0.3, 0.4) is 0 Å². The molecule has 148 valence electrons. The van der Waals surface area contributed by atoms with E-state index in [1.807, 2.05) is 12.1 Å². The Morgan fingerprint density at radius 3 is 3.00 bits per heavy atom. The van der Waals surface area contributed by atoms with Crippen molar-refractivity contribution >= 4 is 22.7 Å². The van der Waals surface area contributed by atoms with E-state index in [4.69, 9.17) is 4.42 Å². The SMILES string of the molecule is O=C(c1ccc2occc2c1)N1CCCC(c2cc(C(F)F)nc3ncnn23)C1. The third kappa shape index (κ3) is 3.12. The molecule has 7 nitrogen and oxygen atoms in total. The minimum absolute atomic E-state index is 0.0872. The van der Waals surface area contributed by atoms with E-state index in [0.29, 0.717) is 24.3 Å². The zero-order chi connectivity index (χ0) is 20.0. The van der Waals surface area contributed by atoms with Crippen molar-refractivity contribution < 1.29 is 18.0 Å². The highest BCUT2D eigenvalue weighted by atomic mass is 19.3. The predicted octanol–water partition coefficient (Wildman–Crippen LogP) is 3.83. The van der Waals surface area contributed by atoms with Gasteiger partial charge in [-0.15, -0.1) is 0 Å². The van der Waals surface area contributed by atoms with Gasteiger partial charge in [-0.05, 0) is 43.2 Å². The first-order valence-corrected chi connectivity index (χ1v) is 9.35. The Morgan fingerprint density at radius 2 is 2.14 bits per heavy atom. The highest BCUT2D eigenvalue weighted by Gasteiger charge is 2.29. The third-order valence-electron chi connectivity index (χ3n) is 5.35. The summed E-state index contributed by atoms with van der Waals surface area (Å²) in [5.41, 5.74) is 1.58. The number of fused-ring (bicyclic) bond motifs is 2. The molecular weight excluding hydrogens is 380 g/mol. The van der Waals surface area contributed by atoms with Crippen LogP contribution in [0.4, 0.5) is 8.78 Å². The fraction of sp³-hybridized carbons (Fsp3) is 0.300. The molecule has 0 aliphatic carbocycles. The predicted molar refractivity (Wildman–Crippen MR) is 99.8 cm³/mol. The lowest BCUT2D eigenvalue weighted by Crippen LogP contribution is -2.39. The monoisotopic (exact) mass is 397 g/mol. The van der Waals surface area contributed by atoms with Crippen LogP contribution in [0.2, 0.25) is 0 Å². The number of piperidine rings is 1. The minimum atomic E-state index is -2.70. The van der Waals surface area contributed by atoms with Crippen molar-refractivity contribution in [1.29, 1.82) is 0 Å². The summed E-state index contributed by atoms with van der Waals surface area (Å²) in [6, 6.07) is 8.52. The van der Waals surface area contributed by atoms with E-state index >= 15 is 0 Å². The number of likely N-dealkylation sites (tertiary alicyclic amines) is 1. The van der Waals surface area contributed by atoms with E-state index in [1.54, 1.807) is 23.3 Å². The summed E-state index contributed by atoms with van der Waals surface area (Å²) in [4.78, 5) is 22.7. The maximum atomic E-state index is 13.3. The van der Waals surface area contributed by atoms with Crippen molar-refractivity contribution in [3.05, 3.63) is 59.9 Å². The first-order valence-electron chi connectivity index (χ1n) is 9.35. The molecule has 5 rings (SSSR count). The molecule has 0 bridgehead atoms. The van der Waals surface area contributed by atoms with Gasteiger partial charge in [0.1, 0.15) is 17.6 Å². The number of amides is 1. The molecule has 1 aromatic carbocycles. The van der Waals surface area contributed by atoms with Crippen molar-refractivity contribution in [2.24, 2.45) is 0 Å². The average Bonchev–Trinajstić information content (AvgIpc) is 3.41. The number of aromatic nitrogens is 4. The lowest BCUT2D eigenvalue weighted by Gasteiger charge is -2.33. The Kier molecular flexibility index (Phi) is 4.22. The van der Waals surface area contributed by atoms with E-state index in [1.165, 1.54) is 16.9 Å². The largest absolute Gasteiger partial charge is 0.464 e. The number of halogens is 2. The minimum Gasteiger partial charge on any atom is -0.464 e. The van der Waals surface area contributed by atoms with Crippen LogP contribution in [0.1, 0.15) is 46.9 Å². The molecule has 3 aromatic heterocycles. The first kappa shape index (κ1) is 17.7. The van der Waals surface area contributed by atoms with E-state index < -0.39 is 6.43 Å². The number of nitrogens with zero attached hydrogens (tertiary/aromatic N) is 5. The Hall–Kier alpha value is -3.36. The zero-order valence-electron chi connectivity index (χ0n) is 15.3. The highest BCUT2D eigenvalue weighted by molar-refractivity contribution is 5.97. The van der Waals surface area contributed by atoms with Crippen LogP contribution in [-0.4, -0.2) is 43.5 Å². The first-order chi connectivity index (χ1) is 14.1. The van der Waals surface area contributed by atoms with Gasteiger partial charge in [0.15, 0.2) is 0 Å². The Labute approximate surface area is 164 Å². The van der Waals surface area contributed by atoms with Gasteiger partial charge < -0.3 is 9.32 Å². The summed E-state index contributed by atoms with van der Waals surface area (Å²) in [6.45, 7) is 1.04. The standard InChI is InChI=1S/C20H17F2N5O2/c21-18(22)15-9-16(27-20(25-15)23-11-24-27)14-2-1-6-26(10-14)19(28)13-3-4-17-12(8-13)5-7-29-17/h3-5,7-9,11,14,18H,1-2,6,10H2. The van der Waals surface area contributed by atoms with E-state index in [9.17, 15) is 13.6 Å². The van der Waals surface area contributed by atoms with Gasteiger partial charge in [0, 0.05) is 30.0 Å². The van der Waals surface area contributed by atoms with Crippen LogP contribution < -0.4 is 0 Å². The number of benzene rings is 1. The number of hydrogen-bond donors (Lipinski definition) is 0. The van der Waals surface area contributed by atoms with E-state index in [-0.39, 0.29) is 23.3 Å². The zero-order valence-corrected chi connectivity index (χ0v) is 15.3. The number of alkyl halides is 2. The fourth-order valence-electron chi connectivity index (χ4n) is 3.94. The number of furan rings is 1. The molecule has 1 aliphatic heterocycles. The molecule has 4 heterocycles. The van der Waals surface area contributed by atoms with Gasteiger partial charge in [-0.3, -0.25) is 4.79 Å². The second-order valence-electron chi connectivity index (χ2n) is 7.14. The smallest absolute Gasteiger partial charge is 0.280 e. The summed E-state index contributed by atoms with van der Waals surface area (Å²) in [7, 11) is 0. The van der Waals surface area contributed by atoms with E-state index in [2.05, 4.69) is 15.1 Å². The Bertz CT molecular complexity index is 1200. The van der Waals surface area contributed by atoms with Crippen molar-refractivity contribution in [3.8, 4) is 0 Å². The number of carbonyl (C=O) groups excluding carboxylic acids is 1. The number of rotatable bonds is 3. The summed E-state index contributed by atoms with van der Waals surface area (Å²) in [5.74, 6) is -0.0718. The molecule has 1 saturated heterocycles. The number of carbonyl (C=O) groups is 1. The molecule has 9 heteroatoms. The maximum Gasteiger partial charge on any atom is 0.280 e. The van der Waals surface area contributed by atoms with Crippen LogP contribution in [0.15, 0.2) is 47.3 Å². The van der Waals surface area contributed by atoms with Gasteiger partial charge in [0.05, 0.1) is 12.0 Å². The lowest BCUT2D eigenvalue weighted by molar-refractivity contribution is 0.0705. The summed E-state index contributed by atoms with van der Waals surface area (Å²) >= 11 is 0. The Morgan fingerprint density at radius 1 is 1.24 bits per heavy atom. The molecular formula is C20H17F2N5O2. The normalized spacial score (nSPS) is 17.5. The second kappa shape index (κ2) is 6.91. The molecule has 0 N–H and O–H groups in total. The molecule has 1 atom stereocenters. The van der Waals surface area contributed by atoms with Crippen molar-refractivity contribution in [1.82, 2.24) is 24.5 Å². The van der Waals surface area contributed by atoms with E-state index in [0.717, 1.165) is 23.8 Å².